The van der Waals surface area contributed by atoms with Crippen molar-refractivity contribution in [3.8, 4) is 0 Å². The van der Waals surface area contributed by atoms with E-state index in [0.717, 1.165) is 25.5 Å². The van der Waals surface area contributed by atoms with Gasteiger partial charge in [0.2, 0.25) is 0 Å². The van der Waals surface area contributed by atoms with Crippen molar-refractivity contribution in [1.29, 1.82) is 0 Å². The van der Waals surface area contributed by atoms with Crippen molar-refractivity contribution >= 4 is 38.8 Å². The summed E-state index contributed by atoms with van der Waals surface area (Å²) in [5.74, 6) is -6.01. The highest BCUT2D eigenvalue weighted by molar-refractivity contribution is 7.92. The molecule has 12 heteroatoms. The first-order valence-electron chi connectivity index (χ1n) is 13.4. The highest BCUT2D eigenvalue weighted by Gasteiger charge is 2.55. The predicted octanol–water partition coefficient (Wildman–Crippen LogP) is 4.80. The average Bonchev–Trinajstić information content (AvgIpc) is 3.48. The molecule has 2 aliphatic carbocycles. The Hall–Kier alpha value is -2.47. The fourth-order valence-corrected chi connectivity index (χ4v) is 9.00. The number of amides is 1. The summed E-state index contributed by atoms with van der Waals surface area (Å²) in [5.41, 5.74) is -1.57. The zero-order valence-corrected chi connectivity index (χ0v) is 23.1. The fraction of sp³-hybridized carbons (Fsp3) is 0.500. The Balaban J connectivity index is 1.31. The summed E-state index contributed by atoms with van der Waals surface area (Å²) in [6, 6.07) is 4.68. The molecule has 1 saturated heterocycles. The van der Waals surface area contributed by atoms with Crippen LogP contribution in [-0.4, -0.2) is 48.7 Å². The van der Waals surface area contributed by atoms with Crippen molar-refractivity contribution in [3.63, 3.8) is 0 Å². The molecule has 216 valence electrons. The number of halogens is 4. The molecule has 3 atom stereocenters. The minimum Gasteiger partial charge on any atom is -0.389 e. The van der Waals surface area contributed by atoms with Crippen LogP contribution in [-0.2, 0) is 14.6 Å². The van der Waals surface area contributed by atoms with E-state index in [4.69, 9.17) is 11.6 Å². The van der Waals surface area contributed by atoms with Gasteiger partial charge in [-0.15, -0.1) is 0 Å². The lowest BCUT2D eigenvalue weighted by Gasteiger charge is -2.42. The van der Waals surface area contributed by atoms with Gasteiger partial charge in [0, 0.05) is 29.8 Å². The molecule has 7 nitrogen and oxygen atoms in total. The Kier molecular flexibility index (Phi) is 8.04. The van der Waals surface area contributed by atoms with Gasteiger partial charge in [0.05, 0.1) is 26.8 Å². The summed E-state index contributed by atoms with van der Waals surface area (Å²) in [4.78, 5) is 25.1. The second-order valence-corrected chi connectivity index (χ2v) is 13.7. The van der Waals surface area contributed by atoms with Crippen LogP contribution >= 0.6 is 11.6 Å². The van der Waals surface area contributed by atoms with E-state index in [2.05, 4.69) is 10.6 Å². The molecule has 2 aromatic carbocycles. The summed E-state index contributed by atoms with van der Waals surface area (Å²) in [6.45, 7) is 0.806. The molecule has 3 N–H and O–H groups in total. The van der Waals surface area contributed by atoms with E-state index in [9.17, 15) is 36.3 Å². The van der Waals surface area contributed by atoms with Crippen molar-refractivity contribution in [1.82, 2.24) is 5.32 Å². The maximum absolute atomic E-state index is 13.7. The molecule has 40 heavy (non-hydrogen) atoms. The first-order valence-corrected chi connectivity index (χ1v) is 15.3. The standard InChI is InChI=1S/C28H30ClF3N2O5S/c29-20-6-3-15(27(36)34-18-13-21(30)26(32)22(31)14-18)10-25(20)40(38,39)19-11-16-4-5-17(12-19)28(16,37)8-7-24(35)23-2-1-9-33-23/h3,6,10,13-14,16-17,19,23,33,37H,1-2,4-5,7-9,11-12H2,(H,34,36)/t16?,17?,19?,23-,28?/m0/s1. The van der Waals surface area contributed by atoms with Crippen molar-refractivity contribution < 1.29 is 36.3 Å². The Labute approximate surface area is 235 Å². The van der Waals surface area contributed by atoms with E-state index in [1.807, 2.05) is 0 Å². The maximum atomic E-state index is 13.7. The Morgan fingerprint density at radius 3 is 2.30 bits per heavy atom. The molecule has 1 aliphatic heterocycles. The average molecular weight is 599 g/mol. The summed E-state index contributed by atoms with van der Waals surface area (Å²) in [7, 11) is -4.03. The normalized spacial score (nSPS) is 28.0. The summed E-state index contributed by atoms with van der Waals surface area (Å²) < 4.78 is 67.8. The van der Waals surface area contributed by atoms with Crippen LogP contribution in [0.4, 0.5) is 18.9 Å². The molecule has 2 bridgehead atoms. The van der Waals surface area contributed by atoms with Gasteiger partial charge in [0.15, 0.2) is 27.3 Å². The number of carbonyl (C=O) groups is 2. The highest BCUT2D eigenvalue weighted by atomic mass is 35.5. The van der Waals surface area contributed by atoms with Crippen molar-refractivity contribution in [2.75, 3.05) is 11.9 Å². The molecule has 2 aromatic rings. The third-order valence-corrected chi connectivity index (χ3v) is 11.4. The first-order chi connectivity index (χ1) is 18.9. The monoisotopic (exact) mass is 598 g/mol. The van der Waals surface area contributed by atoms with Gasteiger partial charge in [-0.3, -0.25) is 9.59 Å². The van der Waals surface area contributed by atoms with Crippen LogP contribution in [0, 0.1) is 29.3 Å². The van der Waals surface area contributed by atoms with Gasteiger partial charge in [0.1, 0.15) is 5.78 Å². The molecule has 1 amide bonds. The van der Waals surface area contributed by atoms with Crippen LogP contribution in [0.5, 0.6) is 0 Å². The molecule has 0 aromatic heterocycles. The zero-order chi connectivity index (χ0) is 28.8. The third-order valence-electron chi connectivity index (χ3n) is 8.77. The van der Waals surface area contributed by atoms with E-state index in [1.54, 1.807) is 0 Å². The molecular formula is C28H30ClF3N2O5S. The summed E-state index contributed by atoms with van der Waals surface area (Å²) >= 11 is 6.27. The van der Waals surface area contributed by atoms with Gasteiger partial charge in [-0.05, 0) is 81.5 Å². The number of fused-ring (bicyclic) bond motifs is 2. The number of nitrogens with one attached hydrogen (secondary N) is 2. The molecule has 1 heterocycles. The molecule has 3 aliphatic rings. The second kappa shape index (κ2) is 11.1. The van der Waals surface area contributed by atoms with E-state index in [-0.39, 0.29) is 64.1 Å². The van der Waals surface area contributed by atoms with E-state index >= 15 is 0 Å². The molecule has 2 unspecified atom stereocenters. The second-order valence-electron chi connectivity index (χ2n) is 11.1. The number of Topliss-reactive ketones (excluding diaryl/α,β-unsaturated/α-hetero) is 1. The van der Waals surface area contributed by atoms with Crippen molar-refractivity contribution in [2.24, 2.45) is 11.8 Å². The van der Waals surface area contributed by atoms with Gasteiger partial charge in [-0.25, -0.2) is 21.6 Å². The third kappa shape index (κ3) is 5.41. The quantitative estimate of drug-likeness (QED) is 0.376. The number of rotatable bonds is 8. The van der Waals surface area contributed by atoms with Crippen molar-refractivity contribution in [2.45, 2.75) is 73.2 Å². The minimum absolute atomic E-state index is 0.0769. The molecule has 0 radical (unpaired) electrons. The van der Waals surface area contributed by atoms with E-state index in [0.29, 0.717) is 31.4 Å². The lowest BCUT2D eigenvalue weighted by molar-refractivity contribution is -0.124. The Morgan fingerprint density at radius 2 is 1.70 bits per heavy atom. The SMILES string of the molecule is O=C(Nc1cc(F)c(F)c(F)c1)c1ccc(Cl)c(S(=O)(=O)C2CC3CCC(C2)C3(O)CCC(=O)[C@@H]2CCCN2)c1. The van der Waals surface area contributed by atoms with Gasteiger partial charge in [-0.1, -0.05) is 11.6 Å². The fourth-order valence-electron chi connectivity index (χ4n) is 6.60. The number of aliphatic hydroxyl groups is 1. The van der Waals surface area contributed by atoms with Crippen LogP contribution in [0.25, 0.3) is 0 Å². The summed E-state index contributed by atoms with van der Waals surface area (Å²) in [6.07, 6.45) is 3.99. The topological polar surface area (TPSA) is 113 Å². The van der Waals surface area contributed by atoms with Crippen LogP contribution in [0.2, 0.25) is 5.02 Å². The zero-order valence-electron chi connectivity index (χ0n) is 21.6. The Bertz CT molecular complexity index is 1410. The molecule has 2 saturated carbocycles. The van der Waals surface area contributed by atoms with E-state index in [1.165, 1.54) is 12.1 Å². The van der Waals surface area contributed by atoms with Gasteiger partial charge in [0.25, 0.3) is 5.91 Å². The number of benzene rings is 2. The minimum atomic E-state index is -4.03. The Morgan fingerprint density at radius 1 is 1.05 bits per heavy atom. The summed E-state index contributed by atoms with van der Waals surface area (Å²) in [5, 5.41) is 16.0. The largest absolute Gasteiger partial charge is 0.389 e. The molecular weight excluding hydrogens is 569 g/mol. The number of hydrogen-bond acceptors (Lipinski definition) is 6. The van der Waals surface area contributed by atoms with E-state index < -0.39 is 44.0 Å². The first kappa shape index (κ1) is 29.0. The maximum Gasteiger partial charge on any atom is 0.255 e. The lowest BCUT2D eigenvalue weighted by atomic mass is 9.71. The molecule has 0 spiro atoms. The smallest absolute Gasteiger partial charge is 0.255 e. The lowest BCUT2D eigenvalue weighted by Crippen LogP contribution is -2.48. The van der Waals surface area contributed by atoms with Gasteiger partial charge in [-0.2, -0.15) is 0 Å². The highest BCUT2D eigenvalue weighted by Crippen LogP contribution is 2.54. The number of ketones is 1. The molecule has 5 rings (SSSR count). The van der Waals surface area contributed by atoms with Gasteiger partial charge >= 0.3 is 0 Å². The number of carbonyl (C=O) groups excluding carboxylic acids is 2. The van der Waals surface area contributed by atoms with Crippen LogP contribution in [0.1, 0.15) is 61.7 Å². The number of hydrogen-bond donors (Lipinski definition) is 3. The van der Waals surface area contributed by atoms with Crippen LogP contribution in [0.15, 0.2) is 35.2 Å². The van der Waals surface area contributed by atoms with Crippen LogP contribution in [0.3, 0.4) is 0 Å². The predicted molar refractivity (Wildman–Crippen MR) is 142 cm³/mol. The van der Waals surface area contributed by atoms with Gasteiger partial charge < -0.3 is 15.7 Å². The number of sulfone groups is 1. The number of anilines is 1. The van der Waals surface area contributed by atoms with Crippen molar-refractivity contribution in [3.05, 3.63) is 58.4 Å². The molecule has 3 fully saturated rings. The van der Waals surface area contributed by atoms with Crippen LogP contribution < -0.4 is 10.6 Å².